The number of carbonyl (C=O) groups is 1. The summed E-state index contributed by atoms with van der Waals surface area (Å²) in [6.07, 6.45) is 11.9. The number of allylic oxidation sites excluding steroid dienone is 6. The van der Waals surface area contributed by atoms with Crippen LogP contribution >= 0.6 is 0 Å². The van der Waals surface area contributed by atoms with Gasteiger partial charge in [-0.2, -0.15) is 0 Å². The van der Waals surface area contributed by atoms with Gasteiger partial charge in [-0.15, -0.1) is 0 Å². The van der Waals surface area contributed by atoms with Crippen molar-refractivity contribution in [3.05, 3.63) is 35.5 Å². The highest BCUT2D eigenvalue weighted by Gasteiger charge is 2.27. The summed E-state index contributed by atoms with van der Waals surface area (Å²) in [4.78, 5) is 11.5. The molecule has 0 bridgehead atoms. The average molecular weight is 188 g/mol. The molecule has 0 spiro atoms. The first-order chi connectivity index (χ1) is 6.62. The molecule has 1 heteroatoms. The van der Waals surface area contributed by atoms with E-state index in [0.717, 1.165) is 6.42 Å². The van der Waals surface area contributed by atoms with E-state index in [1.165, 1.54) is 24.0 Å². The van der Waals surface area contributed by atoms with Gasteiger partial charge in [0.25, 0.3) is 0 Å². The van der Waals surface area contributed by atoms with E-state index in [-0.39, 0.29) is 11.2 Å². The van der Waals surface area contributed by atoms with E-state index in [2.05, 4.69) is 12.2 Å². The molecule has 2 rings (SSSR count). The monoisotopic (exact) mass is 188 g/mol. The first-order valence-electron chi connectivity index (χ1n) is 5.23. The van der Waals surface area contributed by atoms with E-state index in [0.29, 0.717) is 0 Å². The predicted octanol–water partition coefficient (Wildman–Crippen LogP) is 3.19. The highest BCUT2D eigenvalue weighted by atomic mass is 16.1. The van der Waals surface area contributed by atoms with E-state index in [1.807, 2.05) is 19.1 Å². The Balaban J connectivity index is 2.43. The van der Waals surface area contributed by atoms with E-state index >= 15 is 0 Å². The van der Waals surface area contributed by atoms with Crippen molar-refractivity contribution in [3.8, 4) is 0 Å². The molecule has 0 aliphatic heterocycles. The summed E-state index contributed by atoms with van der Waals surface area (Å²) in [6, 6.07) is 0. The van der Waals surface area contributed by atoms with Crippen molar-refractivity contribution in [1.82, 2.24) is 0 Å². The Morgan fingerprint density at radius 1 is 1.36 bits per heavy atom. The van der Waals surface area contributed by atoms with Crippen LogP contribution < -0.4 is 0 Å². The fraction of sp³-hybridized carbons (Fsp3) is 0.462. The SMILES string of the molecule is CC(=O)C1(C)C=CC=C2CCCC2=C1. The molecule has 0 aromatic rings. The number of carbonyl (C=O) groups excluding carboxylic acids is 1. The lowest BCUT2D eigenvalue weighted by Gasteiger charge is -2.18. The molecule has 0 aromatic carbocycles. The maximum absolute atomic E-state index is 11.5. The molecule has 1 unspecified atom stereocenters. The van der Waals surface area contributed by atoms with Crippen molar-refractivity contribution in [2.75, 3.05) is 0 Å². The van der Waals surface area contributed by atoms with Gasteiger partial charge in [-0.1, -0.05) is 24.3 Å². The number of hydrogen-bond acceptors (Lipinski definition) is 1. The van der Waals surface area contributed by atoms with E-state index < -0.39 is 0 Å². The van der Waals surface area contributed by atoms with Gasteiger partial charge in [0.2, 0.25) is 0 Å². The number of fused-ring (bicyclic) bond motifs is 1. The van der Waals surface area contributed by atoms with Crippen LogP contribution in [0.2, 0.25) is 0 Å². The third-order valence-corrected chi connectivity index (χ3v) is 3.28. The van der Waals surface area contributed by atoms with E-state index in [4.69, 9.17) is 0 Å². The van der Waals surface area contributed by atoms with Crippen molar-refractivity contribution in [2.45, 2.75) is 33.1 Å². The summed E-state index contributed by atoms with van der Waals surface area (Å²) in [6.45, 7) is 3.66. The molecule has 14 heavy (non-hydrogen) atoms. The highest BCUT2D eigenvalue weighted by Crippen LogP contribution is 2.37. The summed E-state index contributed by atoms with van der Waals surface area (Å²) in [5, 5.41) is 0. The molecule has 1 atom stereocenters. The number of rotatable bonds is 1. The summed E-state index contributed by atoms with van der Waals surface area (Å²) in [5.74, 6) is 0.225. The van der Waals surface area contributed by atoms with Gasteiger partial charge < -0.3 is 0 Å². The maximum Gasteiger partial charge on any atom is 0.143 e. The third-order valence-electron chi connectivity index (χ3n) is 3.28. The van der Waals surface area contributed by atoms with Crippen LogP contribution in [-0.4, -0.2) is 5.78 Å². The standard InChI is InChI=1S/C13H16O/c1-10(14)13(2)8-4-7-11-5-3-6-12(11)9-13/h4,7-9H,3,5-6H2,1-2H3. The predicted molar refractivity (Wildman–Crippen MR) is 57.9 cm³/mol. The molecule has 0 heterocycles. The number of hydrogen-bond donors (Lipinski definition) is 0. The molecule has 0 N–H and O–H groups in total. The topological polar surface area (TPSA) is 17.1 Å². The molecule has 1 saturated carbocycles. The molecule has 0 radical (unpaired) electrons. The molecular formula is C13H16O. The maximum atomic E-state index is 11.5. The minimum absolute atomic E-state index is 0.225. The van der Waals surface area contributed by atoms with Crippen molar-refractivity contribution >= 4 is 5.78 Å². The van der Waals surface area contributed by atoms with Gasteiger partial charge in [0.15, 0.2) is 0 Å². The summed E-state index contributed by atoms with van der Waals surface area (Å²) < 4.78 is 0. The molecule has 1 fully saturated rings. The smallest absolute Gasteiger partial charge is 0.143 e. The molecule has 2 aliphatic carbocycles. The van der Waals surface area contributed by atoms with Crippen LogP contribution in [0, 0.1) is 5.41 Å². The van der Waals surface area contributed by atoms with Crippen LogP contribution in [0.4, 0.5) is 0 Å². The number of ketones is 1. The second-order valence-electron chi connectivity index (χ2n) is 4.41. The molecule has 2 aliphatic rings. The van der Waals surface area contributed by atoms with Gasteiger partial charge in [-0.3, -0.25) is 4.79 Å². The first-order valence-corrected chi connectivity index (χ1v) is 5.23. The average Bonchev–Trinajstić information content (AvgIpc) is 2.46. The normalized spacial score (nSPS) is 30.4. The zero-order chi connectivity index (χ0) is 10.2. The summed E-state index contributed by atoms with van der Waals surface area (Å²) >= 11 is 0. The Bertz CT molecular complexity index is 357. The lowest BCUT2D eigenvalue weighted by molar-refractivity contribution is -0.121. The van der Waals surface area contributed by atoms with Crippen molar-refractivity contribution in [3.63, 3.8) is 0 Å². The Morgan fingerprint density at radius 2 is 2.07 bits per heavy atom. The Morgan fingerprint density at radius 3 is 2.79 bits per heavy atom. The minimum Gasteiger partial charge on any atom is -0.299 e. The van der Waals surface area contributed by atoms with E-state index in [9.17, 15) is 4.79 Å². The quantitative estimate of drug-likeness (QED) is 0.617. The van der Waals surface area contributed by atoms with Gasteiger partial charge in [-0.05, 0) is 44.3 Å². The lowest BCUT2D eigenvalue weighted by Crippen LogP contribution is -2.20. The third kappa shape index (κ3) is 1.47. The summed E-state index contributed by atoms with van der Waals surface area (Å²) in [7, 11) is 0. The van der Waals surface area contributed by atoms with Crippen LogP contribution in [0.5, 0.6) is 0 Å². The Hall–Kier alpha value is -1.11. The van der Waals surface area contributed by atoms with Gasteiger partial charge in [-0.25, -0.2) is 0 Å². The van der Waals surface area contributed by atoms with Crippen LogP contribution in [0.3, 0.4) is 0 Å². The lowest BCUT2D eigenvalue weighted by atomic mass is 9.84. The fourth-order valence-corrected chi connectivity index (χ4v) is 2.14. The van der Waals surface area contributed by atoms with Gasteiger partial charge in [0.1, 0.15) is 5.78 Å². The zero-order valence-corrected chi connectivity index (χ0v) is 8.84. The fourth-order valence-electron chi connectivity index (χ4n) is 2.14. The van der Waals surface area contributed by atoms with Crippen molar-refractivity contribution < 1.29 is 4.79 Å². The minimum atomic E-state index is -0.377. The summed E-state index contributed by atoms with van der Waals surface area (Å²) in [5.41, 5.74) is 2.43. The van der Waals surface area contributed by atoms with Crippen LogP contribution in [0.15, 0.2) is 35.5 Å². The molecule has 74 valence electrons. The van der Waals surface area contributed by atoms with Gasteiger partial charge in [0, 0.05) is 0 Å². The van der Waals surface area contributed by atoms with Crippen molar-refractivity contribution in [1.29, 1.82) is 0 Å². The first kappa shape index (κ1) is 9.45. The second kappa shape index (κ2) is 3.23. The highest BCUT2D eigenvalue weighted by molar-refractivity contribution is 5.86. The largest absolute Gasteiger partial charge is 0.299 e. The Labute approximate surface area is 85.2 Å². The van der Waals surface area contributed by atoms with E-state index in [1.54, 1.807) is 6.92 Å². The van der Waals surface area contributed by atoms with Crippen molar-refractivity contribution in [2.24, 2.45) is 5.41 Å². The van der Waals surface area contributed by atoms with Gasteiger partial charge >= 0.3 is 0 Å². The molecule has 0 saturated heterocycles. The molecule has 0 amide bonds. The molecule has 0 aromatic heterocycles. The van der Waals surface area contributed by atoms with Crippen LogP contribution in [-0.2, 0) is 4.79 Å². The van der Waals surface area contributed by atoms with Crippen LogP contribution in [0.25, 0.3) is 0 Å². The van der Waals surface area contributed by atoms with Gasteiger partial charge in [0.05, 0.1) is 5.41 Å². The Kier molecular flexibility index (Phi) is 2.18. The molecule has 1 nitrogen and oxygen atoms in total. The second-order valence-corrected chi connectivity index (χ2v) is 4.41. The van der Waals surface area contributed by atoms with Crippen LogP contribution in [0.1, 0.15) is 33.1 Å². The number of Topliss-reactive ketones (excluding diaryl/α,β-unsaturated/α-hetero) is 1. The zero-order valence-electron chi connectivity index (χ0n) is 8.84. The molecular weight excluding hydrogens is 172 g/mol.